The Balaban J connectivity index is 1.74. The van der Waals surface area contributed by atoms with Crippen LogP contribution in [0.1, 0.15) is 18.4 Å². The van der Waals surface area contributed by atoms with E-state index in [9.17, 15) is 4.79 Å². The molecule has 2 atom stereocenters. The number of hydrogen-bond donors (Lipinski definition) is 2. The molecule has 104 valence electrons. The van der Waals surface area contributed by atoms with Crippen LogP contribution in [-0.2, 0) is 16.0 Å². The van der Waals surface area contributed by atoms with Crippen molar-refractivity contribution in [1.82, 2.24) is 5.32 Å². The Morgan fingerprint density at radius 1 is 1.42 bits per heavy atom. The summed E-state index contributed by atoms with van der Waals surface area (Å²) in [5, 5.41) is 3.61. The molecule has 0 spiro atoms. The molecule has 19 heavy (non-hydrogen) atoms. The summed E-state index contributed by atoms with van der Waals surface area (Å²) in [6.07, 6.45) is 2.01. The van der Waals surface area contributed by atoms with Crippen LogP contribution in [0.2, 0.25) is 5.02 Å². The zero-order valence-corrected chi connectivity index (χ0v) is 11.5. The Bertz CT molecular complexity index is 439. The molecule has 1 heterocycles. The fraction of sp³-hybridized carbons (Fsp3) is 0.500. The molecule has 0 unspecified atom stereocenters. The number of halogens is 1. The molecule has 0 bridgehead atoms. The third kappa shape index (κ3) is 3.93. The number of nitrogens with one attached hydrogen (secondary N) is 1. The second-order valence-corrected chi connectivity index (χ2v) is 5.10. The van der Waals surface area contributed by atoms with Gasteiger partial charge in [-0.3, -0.25) is 4.79 Å². The van der Waals surface area contributed by atoms with E-state index in [1.807, 2.05) is 24.3 Å². The minimum Gasteiger partial charge on any atom is -0.364 e. The van der Waals surface area contributed by atoms with Crippen molar-refractivity contribution < 1.29 is 9.53 Å². The number of benzene rings is 1. The van der Waals surface area contributed by atoms with Crippen LogP contribution in [0, 0.1) is 0 Å². The van der Waals surface area contributed by atoms with E-state index >= 15 is 0 Å². The molecule has 1 aliphatic rings. The maximum Gasteiger partial charge on any atom is 0.249 e. The maximum absolute atomic E-state index is 11.9. The standard InChI is InChI=1S/C14H19ClN2O2/c15-12-4-2-1-3-10(12)7-8-17-14(18)13-6-5-11(9-16)19-13/h1-4,11,13H,5-9,16H2,(H,17,18)/t11-,13+/m1/s1. The molecule has 0 aromatic heterocycles. The van der Waals surface area contributed by atoms with Gasteiger partial charge in [0.15, 0.2) is 0 Å². The summed E-state index contributed by atoms with van der Waals surface area (Å²) < 4.78 is 5.54. The highest BCUT2D eigenvalue weighted by atomic mass is 35.5. The Hall–Kier alpha value is -1.10. The van der Waals surface area contributed by atoms with Crippen molar-refractivity contribution in [1.29, 1.82) is 0 Å². The molecule has 5 heteroatoms. The predicted molar refractivity (Wildman–Crippen MR) is 75.1 cm³/mol. The largest absolute Gasteiger partial charge is 0.364 e. The quantitative estimate of drug-likeness (QED) is 0.860. The highest BCUT2D eigenvalue weighted by Crippen LogP contribution is 2.19. The lowest BCUT2D eigenvalue weighted by molar-refractivity contribution is -0.131. The van der Waals surface area contributed by atoms with Gasteiger partial charge in [-0.15, -0.1) is 0 Å². The molecule has 0 aliphatic carbocycles. The number of rotatable bonds is 5. The lowest BCUT2D eigenvalue weighted by Crippen LogP contribution is -2.36. The number of hydrogen-bond acceptors (Lipinski definition) is 3. The zero-order valence-electron chi connectivity index (χ0n) is 10.8. The van der Waals surface area contributed by atoms with E-state index in [2.05, 4.69) is 5.32 Å². The lowest BCUT2D eigenvalue weighted by atomic mass is 10.1. The van der Waals surface area contributed by atoms with Crippen molar-refractivity contribution in [3.8, 4) is 0 Å². The summed E-state index contributed by atoms with van der Waals surface area (Å²) in [6.45, 7) is 1.04. The Labute approximate surface area is 118 Å². The Kier molecular flexibility index (Phi) is 5.19. The van der Waals surface area contributed by atoms with Gasteiger partial charge >= 0.3 is 0 Å². The van der Waals surface area contributed by atoms with E-state index in [1.54, 1.807) is 0 Å². The van der Waals surface area contributed by atoms with Crippen LogP contribution in [0.15, 0.2) is 24.3 Å². The van der Waals surface area contributed by atoms with Gasteiger partial charge in [0.05, 0.1) is 6.10 Å². The van der Waals surface area contributed by atoms with E-state index in [0.717, 1.165) is 29.8 Å². The zero-order chi connectivity index (χ0) is 13.7. The van der Waals surface area contributed by atoms with Gasteiger partial charge in [-0.25, -0.2) is 0 Å². The van der Waals surface area contributed by atoms with Crippen molar-refractivity contribution in [3.63, 3.8) is 0 Å². The second-order valence-electron chi connectivity index (χ2n) is 4.69. The number of carbonyl (C=O) groups excluding carboxylic acids is 1. The first kappa shape index (κ1) is 14.3. The molecule has 3 N–H and O–H groups in total. The van der Waals surface area contributed by atoms with Gasteiger partial charge in [0, 0.05) is 18.1 Å². The molecule has 0 saturated carbocycles. The predicted octanol–water partition coefficient (Wildman–Crippen LogP) is 1.50. The van der Waals surface area contributed by atoms with Crippen molar-refractivity contribution in [3.05, 3.63) is 34.9 Å². The van der Waals surface area contributed by atoms with Crippen LogP contribution in [0.4, 0.5) is 0 Å². The molecule has 0 radical (unpaired) electrons. The molecule has 1 aliphatic heterocycles. The van der Waals surface area contributed by atoms with Crippen molar-refractivity contribution in [2.45, 2.75) is 31.5 Å². The van der Waals surface area contributed by atoms with Crippen LogP contribution in [0.5, 0.6) is 0 Å². The Morgan fingerprint density at radius 2 is 2.21 bits per heavy atom. The number of carbonyl (C=O) groups is 1. The SMILES string of the molecule is NC[C@H]1CC[C@@H](C(=O)NCCc2ccccc2Cl)O1. The second kappa shape index (κ2) is 6.89. The molecule has 1 aromatic carbocycles. The van der Waals surface area contributed by atoms with E-state index in [0.29, 0.717) is 13.1 Å². The first-order chi connectivity index (χ1) is 9.20. The van der Waals surface area contributed by atoms with Crippen LogP contribution in [0.3, 0.4) is 0 Å². The molecule has 1 fully saturated rings. The minimum absolute atomic E-state index is 0.0271. The molecular formula is C14H19ClN2O2. The van der Waals surface area contributed by atoms with Crippen LogP contribution < -0.4 is 11.1 Å². The topological polar surface area (TPSA) is 64.4 Å². The van der Waals surface area contributed by atoms with Crippen LogP contribution in [-0.4, -0.2) is 31.2 Å². The summed E-state index contributed by atoms with van der Waals surface area (Å²) in [6, 6.07) is 7.65. The van der Waals surface area contributed by atoms with Crippen molar-refractivity contribution in [2.24, 2.45) is 5.73 Å². The first-order valence-corrected chi connectivity index (χ1v) is 6.95. The van der Waals surface area contributed by atoms with E-state index in [4.69, 9.17) is 22.1 Å². The van der Waals surface area contributed by atoms with E-state index in [1.165, 1.54) is 0 Å². The summed E-state index contributed by atoms with van der Waals surface area (Å²) in [7, 11) is 0. The van der Waals surface area contributed by atoms with Gasteiger partial charge in [-0.1, -0.05) is 29.8 Å². The fourth-order valence-corrected chi connectivity index (χ4v) is 2.44. The highest BCUT2D eigenvalue weighted by Gasteiger charge is 2.29. The van der Waals surface area contributed by atoms with E-state index < -0.39 is 0 Å². The molecule has 2 rings (SSSR count). The van der Waals surface area contributed by atoms with Gasteiger partial charge < -0.3 is 15.8 Å². The van der Waals surface area contributed by atoms with Gasteiger partial charge in [-0.2, -0.15) is 0 Å². The highest BCUT2D eigenvalue weighted by molar-refractivity contribution is 6.31. The molecule has 1 amide bonds. The number of amides is 1. The lowest BCUT2D eigenvalue weighted by Gasteiger charge is -2.12. The summed E-state index contributed by atoms with van der Waals surface area (Å²) >= 11 is 6.05. The smallest absolute Gasteiger partial charge is 0.249 e. The fourth-order valence-electron chi connectivity index (χ4n) is 2.21. The van der Waals surface area contributed by atoms with Crippen LogP contribution >= 0.6 is 11.6 Å². The normalized spacial score (nSPS) is 22.4. The number of ether oxygens (including phenoxy) is 1. The van der Waals surface area contributed by atoms with Gasteiger partial charge in [0.25, 0.3) is 0 Å². The molecular weight excluding hydrogens is 264 g/mol. The van der Waals surface area contributed by atoms with Crippen molar-refractivity contribution >= 4 is 17.5 Å². The van der Waals surface area contributed by atoms with E-state index in [-0.39, 0.29) is 18.1 Å². The summed E-state index contributed by atoms with van der Waals surface area (Å²) in [4.78, 5) is 11.9. The van der Waals surface area contributed by atoms with Gasteiger partial charge in [0.1, 0.15) is 6.10 Å². The maximum atomic E-state index is 11.9. The molecule has 1 aromatic rings. The molecule has 4 nitrogen and oxygen atoms in total. The first-order valence-electron chi connectivity index (χ1n) is 6.57. The molecule has 1 saturated heterocycles. The van der Waals surface area contributed by atoms with Gasteiger partial charge in [-0.05, 0) is 30.9 Å². The monoisotopic (exact) mass is 282 g/mol. The summed E-state index contributed by atoms with van der Waals surface area (Å²) in [5.41, 5.74) is 6.56. The summed E-state index contributed by atoms with van der Waals surface area (Å²) in [5.74, 6) is -0.0528. The third-order valence-electron chi connectivity index (χ3n) is 3.31. The average molecular weight is 283 g/mol. The number of nitrogens with two attached hydrogens (primary N) is 1. The Morgan fingerprint density at radius 3 is 2.89 bits per heavy atom. The minimum atomic E-state index is -0.347. The van der Waals surface area contributed by atoms with Crippen LogP contribution in [0.25, 0.3) is 0 Å². The third-order valence-corrected chi connectivity index (χ3v) is 3.68. The average Bonchev–Trinajstić information content (AvgIpc) is 2.90. The van der Waals surface area contributed by atoms with Crippen molar-refractivity contribution in [2.75, 3.05) is 13.1 Å². The van der Waals surface area contributed by atoms with Gasteiger partial charge in [0.2, 0.25) is 5.91 Å².